The number of aromatic nitrogens is 2. The fourth-order valence-corrected chi connectivity index (χ4v) is 2.81. The number of rotatable bonds is 4. The van der Waals surface area contributed by atoms with Crippen LogP contribution >= 0.6 is 15.9 Å². The minimum Gasteiger partial charge on any atom is -0.372 e. The second-order valence-corrected chi connectivity index (χ2v) is 6.46. The molecule has 0 atom stereocenters. The van der Waals surface area contributed by atoms with Gasteiger partial charge in [0, 0.05) is 7.05 Å². The van der Waals surface area contributed by atoms with Crippen molar-refractivity contribution in [2.45, 2.75) is 5.03 Å². The monoisotopic (exact) mass is 388 g/mol. The minimum atomic E-state index is -4.28. The van der Waals surface area contributed by atoms with Gasteiger partial charge in [0.05, 0.1) is 5.56 Å². The van der Waals surface area contributed by atoms with Gasteiger partial charge in [0.1, 0.15) is 10.4 Å². The maximum absolute atomic E-state index is 13.0. The van der Waals surface area contributed by atoms with Gasteiger partial charge in [-0.2, -0.15) is 12.8 Å². The quantitative estimate of drug-likeness (QED) is 0.770. The molecule has 0 bridgehead atoms. The molecule has 0 saturated carbocycles. The Labute approximate surface area is 134 Å². The summed E-state index contributed by atoms with van der Waals surface area (Å²) in [7, 11) is -2.75. The highest BCUT2D eigenvalue weighted by Crippen LogP contribution is 2.17. The lowest BCUT2D eigenvalue weighted by atomic mass is 10.2. The number of carbonyl (C=O) groups is 1. The Balaban J connectivity index is 2.32. The molecule has 0 aliphatic rings. The van der Waals surface area contributed by atoms with Gasteiger partial charge in [-0.1, -0.05) is 6.07 Å². The number of amides is 1. The molecule has 0 spiro atoms. The Morgan fingerprint density at radius 1 is 1.23 bits per heavy atom. The van der Waals surface area contributed by atoms with Crippen molar-refractivity contribution < 1.29 is 17.6 Å². The first-order valence-electron chi connectivity index (χ1n) is 5.87. The number of nitrogens with zero attached hydrogens (tertiary/aromatic N) is 2. The van der Waals surface area contributed by atoms with Gasteiger partial charge in [-0.15, -0.1) is 0 Å². The topological polar surface area (TPSA) is 101 Å². The highest BCUT2D eigenvalue weighted by Gasteiger charge is 2.22. The van der Waals surface area contributed by atoms with E-state index in [0.29, 0.717) is 4.60 Å². The fourth-order valence-electron chi connectivity index (χ4n) is 1.58. The zero-order valence-corrected chi connectivity index (χ0v) is 13.6. The summed E-state index contributed by atoms with van der Waals surface area (Å²) in [5.41, 5.74) is 0.0191. The molecule has 0 aromatic carbocycles. The first-order chi connectivity index (χ1) is 10.3. The first kappa shape index (κ1) is 16.3. The number of pyridine rings is 2. The van der Waals surface area contributed by atoms with Crippen LogP contribution in [0, 0.1) is 5.95 Å². The summed E-state index contributed by atoms with van der Waals surface area (Å²) in [6.45, 7) is 0. The molecule has 1 amide bonds. The Morgan fingerprint density at radius 2 is 1.95 bits per heavy atom. The van der Waals surface area contributed by atoms with Crippen molar-refractivity contribution in [3.63, 3.8) is 0 Å². The largest absolute Gasteiger partial charge is 0.372 e. The van der Waals surface area contributed by atoms with E-state index in [2.05, 4.69) is 31.2 Å². The van der Waals surface area contributed by atoms with Gasteiger partial charge in [0.2, 0.25) is 5.95 Å². The second kappa shape index (κ2) is 6.36. The van der Waals surface area contributed by atoms with Crippen LogP contribution in [-0.4, -0.2) is 31.3 Å². The van der Waals surface area contributed by atoms with Gasteiger partial charge in [0.25, 0.3) is 15.9 Å². The molecule has 2 rings (SSSR count). The predicted molar refractivity (Wildman–Crippen MR) is 80.3 cm³/mol. The third kappa shape index (κ3) is 3.57. The Bertz CT molecular complexity index is 829. The zero-order chi connectivity index (χ0) is 16.3. The second-order valence-electron chi connectivity index (χ2n) is 4.01. The molecule has 0 fully saturated rings. The van der Waals surface area contributed by atoms with Crippen LogP contribution in [0.5, 0.6) is 0 Å². The molecule has 0 aliphatic carbocycles. The van der Waals surface area contributed by atoms with Gasteiger partial charge in [-0.25, -0.2) is 14.7 Å². The molecule has 7 nitrogen and oxygen atoms in total. The predicted octanol–water partition coefficient (Wildman–Crippen LogP) is 1.54. The van der Waals surface area contributed by atoms with Crippen molar-refractivity contribution >= 4 is 37.7 Å². The van der Waals surface area contributed by atoms with E-state index in [1.807, 2.05) is 4.72 Å². The summed E-state index contributed by atoms with van der Waals surface area (Å²) < 4.78 is 39.3. The first-order valence-corrected chi connectivity index (χ1v) is 8.15. The van der Waals surface area contributed by atoms with Gasteiger partial charge < -0.3 is 5.32 Å². The summed E-state index contributed by atoms with van der Waals surface area (Å²) in [6.07, 6.45) is 0. The van der Waals surface area contributed by atoms with Crippen LogP contribution in [0.15, 0.2) is 40.0 Å². The molecule has 116 valence electrons. The summed E-state index contributed by atoms with van der Waals surface area (Å²) >= 11 is 3.14. The molecule has 2 heterocycles. The average molecular weight is 389 g/mol. The highest BCUT2D eigenvalue weighted by molar-refractivity contribution is 9.10. The molecule has 0 aliphatic heterocycles. The molecular weight excluding hydrogens is 379 g/mol. The van der Waals surface area contributed by atoms with Crippen LogP contribution in [-0.2, 0) is 10.0 Å². The smallest absolute Gasteiger partial charge is 0.281 e. The van der Waals surface area contributed by atoms with E-state index in [4.69, 9.17) is 0 Å². The van der Waals surface area contributed by atoms with Crippen LogP contribution in [0.4, 0.5) is 10.2 Å². The van der Waals surface area contributed by atoms with Crippen LogP contribution in [0.1, 0.15) is 10.4 Å². The van der Waals surface area contributed by atoms with E-state index in [-0.39, 0.29) is 11.4 Å². The van der Waals surface area contributed by atoms with E-state index in [0.717, 1.165) is 12.1 Å². The van der Waals surface area contributed by atoms with E-state index < -0.39 is 26.9 Å². The van der Waals surface area contributed by atoms with E-state index in [9.17, 15) is 17.6 Å². The normalized spacial score (nSPS) is 11.0. The van der Waals surface area contributed by atoms with Crippen molar-refractivity contribution in [1.82, 2.24) is 14.7 Å². The number of halogens is 2. The van der Waals surface area contributed by atoms with Crippen LogP contribution in [0.2, 0.25) is 0 Å². The Kier molecular flexibility index (Phi) is 4.71. The summed E-state index contributed by atoms with van der Waals surface area (Å²) in [5, 5.41) is 2.09. The number of nitrogens with one attached hydrogen (secondary N) is 2. The van der Waals surface area contributed by atoms with E-state index in [1.165, 1.54) is 25.2 Å². The highest BCUT2D eigenvalue weighted by atomic mass is 79.9. The van der Waals surface area contributed by atoms with Crippen LogP contribution in [0.3, 0.4) is 0 Å². The van der Waals surface area contributed by atoms with Gasteiger partial charge >= 0.3 is 0 Å². The molecular formula is C12H10BrFN4O3S. The molecule has 2 aromatic heterocycles. The van der Waals surface area contributed by atoms with Gasteiger partial charge in [-0.3, -0.25) is 4.79 Å². The van der Waals surface area contributed by atoms with Gasteiger partial charge in [0.15, 0.2) is 5.03 Å². The number of hydrogen-bond donors (Lipinski definition) is 2. The number of anilines is 1. The molecule has 2 N–H and O–H groups in total. The Hall–Kier alpha value is -2.07. The van der Waals surface area contributed by atoms with Crippen molar-refractivity contribution in [3.8, 4) is 0 Å². The summed E-state index contributed by atoms with van der Waals surface area (Å²) in [6, 6.07) is 6.15. The van der Waals surface area contributed by atoms with Crippen molar-refractivity contribution in [2.24, 2.45) is 0 Å². The van der Waals surface area contributed by atoms with Crippen LogP contribution in [0.25, 0.3) is 0 Å². The van der Waals surface area contributed by atoms with Crippen LogP contribution < -0.4 is 10.0 Å². The number of sulfonamides is 1. The average Bonchev–Trinajstić information content (AvgIpc) is 2.46. The van der Waals surface area contributed by atoms with E-state index in [1.54, 1.807) is 0 Å². The number of carbonyl (C=O) groups excluding carboxylic acids is 1. The molecule has 0 unspecified atom stereocenters. The lowest BCUT2D eigenvalue weighted by molar-refractivity contribution is 0.0981. The van der Waals surface area contributed by atoms with E-state index >= 15 is 0 Å². The fraction of sp³-hybridized carbons (Fsp3) is 0.0833. The summed E-state index contributed by atoms with van der Waals surface area (Å²) in [4.78, 5) is 19.3. The molecule has 10 heteroatoms. The summed E-state index contributed by atoms with van der Waals surface area (Å²) in [5.74, 6) is -1.68. The van der Waals surface area contributed by atoms with Crippen molar-refractivity contribution in [2.75, 3.05) is 12.4 Å². The van der Waals surface area contributed by atoms with Crippen molar-refractivity contribution in [1.29, 1.82) is 0 Å². The third-order valence-corrected chi connectivity index (χ3v) is 4.21. The minimum absolute atomic E-state index is 0.0191. The maximum atomic E-state index is 13.0. The Morgan fingerprint density at radius 3 is 2.59 bits per heavy atom. The zero-order valence-electron chi connectivity index (χ0n) is 11.2. The SMILES string of the molecule is CNc1nc(Br)ccc1C(=O)NS(=O)(=O)c1cccc(F)n1. The molecule has 0 radical (unpaired) electrons. The van der Waals surface area contributed by atoms with Crippen molar-refractivity contribution in [3.05, 3.63) is 46.4 Å². The molecule has 2 aromatic rings. The molecule has 0 saturated heterocycles. The third-order valence-electron chi connectivity index (χ3n) is 2.53. The van der Waals surface area contributed by atoms with Gasteiger partial charge in [-0.05, 0) is 40.2 Å². The molecule has 22 heavy (non-hydrogen) atoms. The standard InChI is InChI=1S/C12H10BrFN4O3S/c1-15-11-7(5-6-8(13)16-11)12(19)18-22(20,21)10-4-2-3-9(14)17-10/h2-6H,1H3,(H,15,16)(H,18,19). The lowest BCUT2D eigenvalue weighted by Crippen LogP contribution is -2.32. The lowest BCUT2D eigenvalue weighted by Gasteiger charge is -2.09. The maximum Gasteiger partial charge on any atom is 0.281 e. The number of hydrogen-bond acceptors (Lipinski definition) is 6.